The number of esters is 1. The second-order valence-electron chi connectivity index (χ2n) is 7.01. The number of carbonyl (C=O) groups excluding carboxylic acids is 1. The van der Waals surface area contributed by atoms with Gasteiger partial charge in [-0.25, -0.2) is 0 Å². The molecular weight excluding hydrogens is 400 g/mol. The van der Waals surface area contributed by atoms with Crippen LogP contribution in [0.25, 0.3) is 0 Å². The first-order valence-electron chi connectivity index (χ1n) is 9.25. The lowest BCUT2D eigenvalue weighted by Crippen LogP contribution is -2.39. The van der Waals surface area contributed by atoms with E-state index in [1.54, 1.807) is 12.1 Å². The molecule has 148 valence electrons. The van der Waals surface area contributed by atoms with Gasteiger partial charge in [0, 0.05) is 5.92 Å². The van der Waals surface area contributed by atoms with Crippen LogP contribution in [0.3, 0.4) is 0 Å². The van der Waals surface area contributed by atoms with Gasteiger partial charge in [-0.3, -0.25) is 4.79 Å². The van der Waals surface area contributed by atoms with Crippen molar-refractivity contribution in [2.24, 2.45) is 11.8 Å². The Morgan fingerprint density at radius 2 is 1.93 bits per heavy atom. The highest BCUT2D eigenvalue weighted by Crippen LogP contribution is 2.60. The molecule has 0 unspecified atom stereocenters. The number of carbonyl (C=O) groups is 1. The Morgan fingerprint density at radius 3 is 2.71 bits per heavy atom. The van der Waals surface area contributed by atoms with Gasteiger partial charge in [0.05, 0.1) is 22.9 Å². The zero-order valence-corrected chi connectivity index (χ0v) is 16.7. The number of aliphatic hydroxyl groups is 1. The molecule has 6 nitrogen and oxygen atoms in total. The van der Waals surface area contributed by atoms with Crippen LogP contribution < -0.4 is 9.47 Å². The van der Waals surface area contributed by atoms with Crippen molar-refractivity contribution < 1.29 is 28.5 Å². The summed E-state index contributed by atoms with van der Waals surface area (Å²) >= 11 is 3.64. The number of benzene rings is 1. The minimum atomic E-state index is -1.04. The van der Waals surface area contributed by atoms with Crippen LogP contribution >= 0.6 is 23.5 Å². The molecule has 0 amide bonds. The third-order valence-corrected chi connectivity index (χ3v) is 9.10. The maximum absolute atomic E-state index is 12.6. The van der Waals surface area contributed by atoms with E-state index in [1.165, 1.54) is 6.26 Å². The van der Waals surface area contributed by atoms with Gasteiger partial charge in [0.15, 0.2) is 11.5 Å². The van der Waals surface area contributed by atoms with Crippen molar-refractivity contribution in [1.82, 2.24) is 0 Å². The fourth-order valence-corrected chi connectivity index (χ4v) is 7.77. The van der Waals surface area contributed by atoms with E-state index in [1.807, 2.05) is 41.7 Å². The number of hydrogen-bond donors (Lipinski definition) is 1. The predicted molar refractivity (Wildman–Crippen MR) is 105 cm³/mol. The number of rotatable bonds is 4. The minimum absolute atomic E-state index is 0.198. The van der Waals surface area contributed by atoms with E-state index in [0.717, 1.165) is 35.0 Å². The molecule has 0 spiro atoms. The Labute approximate surface area is 170 Å². The number of hydrogen-bond acceptors (Lipinski definition) is 8. The Bertz CT molecular complexity index is 862. The van der Waals surface area contributed by atoms with Crippen molar-refractivity contribution in [1.29, 1.82) is 0 Å². The highest BCUT2D eigenvalue weighted by atomic mass is 32.2. The summed E-state index contributed by atoms with van der Waals surface area (Å²) in [5, 5.41) is 10.9. The summed E-state index contributed by atoms with van der Waals surface area (Å²) in [6, 6.07) is 9.38. The van der Waals surface area contributed by atoms with Crippen molar-refractivity contribution in [3.05, 3.63) is 47.9 Å². The molecule has 4 heterocycles. The van der Waals surface area contributed by atoms with Crippen LogP contribution in [0.2, 0.25) is 0 Å². The molecule has 0 bridgehead atoms. The van der Waals surface area contributed by atoms with Gasteiger partial charge in [0.2, 0.25) is 6.79 Å². The maximum atomic E-state index is 12.6. The average molecular weight is 421 g/mol. The van der Waals surface area contributed by atoms with E-state index < -0.39 is 16.1 Å². The quantitative estimate of drug-likeness (QED) is 0.753. The summed E-state index contributed by atoms with van der Waals surface area (Å²) < 4.78 is 21.5. The van der Waals surface area contributed by atoms with Crippen LogP contribution in [0.5, 0.6) is 11.5 Å². The van der Waals surface area contributed by atoms with Crippen molar-refractivity contribution in [3.8, 4) is 11.5 Å². The highest BCUT2D eigenvalue weighted by molar-refractivity contribution is 8.18. The van der Waals surface area contributed by atoms with Crippen LogP contribution in [0, 0.1) is 11.8 Å². The molecule has 8 heteroatoms. The third-order valence-electron chi connectivity index (χ3n) is 5.47. The van der Waals surface area contributed by atoms with Crippen molar-refractivity contribution >= 4 is 29.5 Å². The van der Waals surface area contributed by atoms with E-state index in [4.69, 9.17) is 18.6 Å². The zero-order valence-electron chi connectivity index (χ0n) is 15.0. The Balaban J connectivity index is 1.56. The van der Waals surface area contributed by atoms with Gasteiger partial charge in [0.1, 0.15) is 11.9 Å². The first kappa shape index (κ1) is 18.3. The van der Waals surface area contributed by atoms with E-state index in [-0.39, 0.29) is 25.3 Å². The normalized spacial score (nSPS) is 26.8. The molecule has 5 rings (SSSR count). The van der Waals surface area contributed by atoms with Gasteiger partial charge in [0.25, 0.3) is 0 Å². The van der Waals surface area contributed by atoms with Crippen LogP contribution in [0.15, 0.2) is 41.0 Å². The average Bonchev–Trinajstić information content (AvgIpc) is 3.48. The van der Waals surface area contributed by atoms with E-state index in [2.05, 4.69) is 0 Å². The van der Waals surface area contributed by atoms with Crippen molar-refractivity contribution in [3.63, 3.8) is 0 Å². The smallest absolute Gasteiger partial charge is 0.312 e. The lowest BCUT2D eigenvalue weighted by Gasteiger charge is -2.42. The summed E-state index contributed by atoms with van der Waals surface area (Å²) in [5.74, 6) is 2.55. The van der Waals surface area contributed by atoms with Gasteiger partial charge in [-0.2, -0.15) is 0 Å². The molecule has 2 aromatic rings. The predicted octanol–water partition coefficient (Wildman–Crippen LogP) is 3.55. The molecule has 28 heavy (non-hydrogen) atoms. The minimum Gasteiger partial charge on any atom is -0.467 e. The van der Waals surface area contributed by atoms with Gasteiger partial charge in [-0.05, 0) is 47.8 Å². The summed E-state index contributed by atoms with van der Waals surface area (Å²) in [5.41, 5.74) is 1.06. The maximum Gasteiger partial charge on any atom is 0.312 e. The number of cyclic esters (lactones) is 1. The third kappa shape index (κ3) is 2.89. The number of fused-ring (bicyclic) bond motifs is 1. The molecule has 2 saturated heterocycles. The second-order valence-corrected chi connectivity index (χ2v) is 9.95. The fourth-order valence-electron chi connectivity index (χ4n) is 4.12. The number of thioether (sulfide) groups is 2. The molecule has 0 saturated carbocycles. The van der Waals surface area contributed by atoms with Gasteiger partial charge >= 0.3 is 5.97 Å². The van der Waals surface area contributed by atoms with Gasteiger partial charge < -0.3 is 23.7 Å². The second kappa shape index (κ2) is 7.24. The molecule has 2 fully saturated rings. The van der Waals surface area contributed by atoms with Gasteiger partial charge in [-0.1, -0.05) is 6.07 Å². The van der Waals surface area contributed by atoms with E-state index in [9.17, 15) is 9.90 Å². The number of ether oxygens (including phenoxy) is 3. The van der Waals surface area contributed by atoms with Crippen molar-refractivity contribution in [2.45, 2.75) is 16.6 Å². The molecule has 0 aliphatic carbocycles. The van der Waals surface area contributed by atoms with Gasteiger partial charge in [-0.15, -0.1) is 23.5 Å². The SMILES string of the molecule is O=C1OC[C@H](C2(c3ccc4c(c3)OCO4)SCCCS2)[C@H]1[C@@H](O)c1ccco1. The topological polar surface area (TPSA) is 78.1 Å². The Kier molecular flexibility index (Phi) is 4.72. The van der Waals surface area contributed by atoms with Crippen LogP contribution in [-0.4, -0.2) is 36.0 Å². The first-order valence-corrected chi connectivity index (χ1v) is 11.2. The summed E-state index contributed by atoms with van der Waals surface area (Å²) in [7, 11) is 0. The van der Waals surface area contributed by atoms with E-state index in [0.29, 0.717) is 5.76 Å². The zero-order chi connectivity index (χ0) is 19.1. The lowest BCUT2D eigenvalue weighted by atomic mass is 9.83. The molecule has 1 aromatic heterocycles. The lowest BCUT2D eigenvalue weighted by molar-refractivity contribution is -0.144. The number of aliphatic hydroxyl groups excluding tert-OH is 1. The highest BCUT2D eigenvalue weighted by Gasteiger charge is 2.56. The molecule has 3 aliphatic heterocycles. The standard InChI is InChI=1S/C20H20O6S2/c21-18(15-3-1-6-23-15)17-13(10-24-19(17)22)20(27-7-2-8-28-20)12-4-5-14-16(9-12)26-11-25-14/h1,3-6,9,13,17-18,21H,2,7-8,10-11H2/t13-,17-,18-/m0/s1. The van der Waals surface area contributed by atoms with Crippen LogP contribution in [-0.2, 0) is 13.6 Å². The molecule has 1 aromatic carbocycles. The Hall–Kier alpha value is -1.77. The van der Waals surface area contributed by atoms with Crippen molar-refractivity contribution in [2.75, 3.05) is 24.9 Å². The summed E-state index contributed by atoms with van der Waals surface area (Å²) in [4.78, 5) is 12.6. The molecule has 0 radical (unpaired) electrons. The fraction of sp³-hybridized carbons (Fsp3) is 0.450. The number of furan rings is 1. The monoisotopic (exact) mass is 420 g/mol. The molecule has 1 N–H and O–H groups in total. The molecular formula is C20H20O6S2. The Morgan fingerprint density at radius 1 is 1.11 bits per heavy atom. The van der Waals surface area contributed by atoms with E-state index >= 15 is 0 Å². The summed E-state index contributed by atoms with van der Waals surface area (Å²) in [6.45, 7) is 0.493. The van der Waals surface area contributed by atoms with Crippen LogP contribution in [0.1, 0.15) is 23.8 Å². The summed E-state index contributed by atoms with van der Waals surface area (Å²) in [6.07, 6.45) is 1.57. The molecule has 3 aliphatic rings. The van der Waals surface area contributed by atoms with Crippen LogP contribution in [0.4, 0.5) is 0 Å². The first-order chi connectivity index (χ1) is 13.7. The molecule has 3 atom stereocenters. The largest absolute Gasteiger partial charge is 0.467 e.